The van der Waals surface area contributed by atoms with Crippen LogP contribution in [-0.2, 0) is 11.2 Å². The summed E-state index contributed by atoms with van der Waals surface area (Å²) in [5, 5.41) is 13.3. The fourth-order valence-electron chi connectivity index (χ4n) is 1.80. The van der Waals surface area contributed by atoms with Gasteiger partial charge in [-0.3, -0.25) is 14.9 Å². The topological polar surface area (TPSA) is 98.3 Å². The molecule has 20 heavy (non-hydrogen) atoms. The predicted molar refractivity (Wildman–Crippen MR) is 76.3 cm³/mol. The molecule has 0 aliphatic rings. The van der Waals surface area contributed by atoms with Gasteiger partial charge >= 0.3 is 0 Å². The molecular weight excluding hydrogens is 258 g/mol. The number of hydrogen-bond donors (Lipinski definition) is 2. The molecule has 0 bridgehead atoms. The van der Waals surface area contributed by atoms with Gasteiger partial charge in [0.2, 0.25) is 5.91 Å². The number of nitrogens with one attached hydrogen (secondary N) is 1. The molecule has 0 unspecified atom stereocenters. The summed E-state index contributed by atoms with van der Waals surface area (Å²) in [4.78, 5) is 22.0. The Bertz CT molecular complexity index is 641. The van der Waals surface area contributed by atoms with Crippen LogP contribution in [0.25, 0.3) is 0 Å². The van der Waals surface area contributed by atoms with Crippen LogP contribution >= 0.6 is 0 Å². The summed E-state index contributed by atoms with van der Waals surface area (Å²) >= 11 is 0. The number of hydrogen-bond acceptors (Lipinski definition) is 4. The molecule has 0 fully saturated rings. The molecule has 2 rings (SSSR count). The van der Waals surface area contributed by atoms with E-state index in [9.17, 15) is 14.9 Å². The molecule has 2 aromatic carbocycles. The molecule has 0 heterocycles. The maximum Gasteiger partial charge on any atom is 0.273 e. The molecule has 0 radical (unpaired) electrons. The van der Waals surface area contributed by atoms with Crippen molar-refractivity contribution in [1.29, 1.82) is 0 Å². The van der Waals surface area contributed by atoms with Crippen molar-refractivity contribution < 1.29 is 9.72 Å². The molecule has 0 aliphatic carbocycles. The van der Waals surface area contributed by atoms with E-state index in [4.69, 9.17) is 5.73 Å². The number of benzene rings is 2. The van der Waals surface area contributed by atoms with E-state index in [0.717, 1.165) is 5.56 Å². The Labute approximate surface area is 115 Å². The van der Waals surface area contributed by atoms with Gasteiger partial charge in [-0.2, -0.15) is 0 Å². The van der Waals surface area contributed by atoms with Crippen LogP contribution in [0.5, 0.6) is 0 Å². The van der Waals surface area contributed by atoms with Crippen LogP contribution in [0.15, 0.2) is 48.5 Å². The Balaban J connectivity index is 2.10. The highest BCUT2D eigenvalue weighted by atomic mass is 16.6. The highest BCUT2D eigenvalue weighted by molar-refractivity contribution is 5.93. The van der Waals surface area contributed by atoms with Crippen LogP contribution in [0.4, 0.5) is 17.1 Å². The first-order chi connectivity index (χ1) is 9.54. The van der Waals surface area contributed by atoms with Gasteiger partial charge in [-0.25, -0.2) is 0 Å². The molecule has 102 valence electrons. The van der Waals surface area contributed by atoms with E-state index >= 15 is 0 Å². The maximum absolute atomic E-state index is 11.9. The molecular formula is C14H13N3O3. The largest absolute Gasteiger partial charge is 0.398 e. The molecule has 2 aromatic rings. The fourth-order valence-corrected chi connectivity index (χ4v) is 1.80. The van der Waals surface area contributed by atoms with Crippen molar-refractivity contribution >= 4 is 23.0 Å². The van der Waals surface area contributed by atoms with E-state index in [1.807, 2.05) is 30.3 Å². The first kappa shape index (κ1) is 13.5. The minimum absolute atomic E-state index is 0.153. The average Bonchev–Trinajstić information content (AvgIpc) is 2.38. The van der Waals surface area contributed by atoms with Crippen LogP contribution in [0.1, 0.15) is 5.56 Å². The summed E-state index contributed by atoms with van der Waals surface area (Å²) in [6, 6.07) is 13.2. The summed E-state index contributed by atoms with van der Waals surface area (Å²) in [6.45, 7) is 0. The fraction of sp³-hybridized carbons (Fsp3) is 0.0714. The van der Waals surface area contributed by atoms with Crippen molar-refractivity contribution in [2.45, 2.75) is 6.42 Å². The van der Waals surface area contributed by atoms with Crippen LogP contribution < -0.4 is 11.1 Å². The number of rotatable bonds is 4. The smallest absolute Gasteiger partial charge is 0.273 e. The first-order valence-corrected chi connectivity index (χ1v) is 5.93. The zero-order chi connectivity index (χ0) is 14.5. The molecule has 0 aliphatic heterocycles. The van der Waals surface area contributed by atoms with Crippen LogP contribution in [0.3, 0.4) is 0 Å². The molecule has 6 nitrogen and oxygen atoms in total. The SMILES string of the molecule is Nc1cc(NC(=O)Cc2ccccc2)cc([N+](=O)[O-])c1. The monoisotopic (exact) mass is 271 g/mol. The molecule has 0 atom stereocenters. The van der Waals surface area contributed by atoms with Crippen molar-refractivity contribution in [3.05, 3.63) is 64.2 Å². The highest BCUT2D eigenvalue weighted by Gasteiger charge is 2.10. The lowest BCUT2D eigenvalue weighted by molar-refractivity contribution is -0.384. The van der Waals surface area contributed by atoms with E-state index in [-0.39, 0.29) is 23.7 Å². The van der Waals surface area contributed by atoms with Gasteiger partial charge in [-0.15, -0.1) is 0 Å². The van der Waals surface area contributed by atoms with Crippen LogP contribution in [-0.4, -0.2) is 10.8 Å². The lowest BCUT2D eigenvalue weighted by Gasteiger charge is -2.06. The van der Waals surface area contributed by atoms with E-state index in [1.165, 1.54) is 18.2 Å². The van der Waals surface area contributed by atoms with Crippen molar-refractivity contribution in [3.63, 3.8) is 0 Å². The molecule has 0 saturated heterocycles. The van der Waals surface area contributed by atoms with Gasteiger partial charge < -0.3 is 11.1 Å². The summed E-state index contributed by atoms with van der Waals surface area (Å²) < 4.78 is 0. The second-order valence-corrected chi connectivity index (χ2v) is 4.28. The van der Waals surface area contributed by atoms with Crippen LogP contribution in [0, 0.1) is 10.1 Å². The summed E-state index contributed by atoms with van der Waals surface area (Å²) in [5.74, 6) is -0.254. The number of carbonyl (C=O) groups excluding carboxylic acids is 1. The number of anilines is 2. The second-order valence-electron chi connectivity index (χ2n) is 4.28. The summed E-state index contributed by atoms with van der Waals surface area (Å²) in [6.07, 6.45) is 0.198. The van der Waals surface area contributed by atoms with Crippen molar-refractivity contribution in [1.82, 2.24) is 0 Å². The van der Waals surface area contributed by atoms with E-state index in [1.54, 1.807) is 0 Å². The molecule has 0 spiro atoms. The number of nitro groups is 1. The van der Waals surface area contributed by atoms with Crippen molar-refractivity contribution in [3.8, 4) is 0 Å². The van der Waals surface area contributed by atoms with Crippen molar-refractivity contribution in [2.24, 2.45) is 0 Å². The Hall–Kier alpha value is -2.89. The summed E-state index contributed by atoms with van der Waals surface area (Å²) in [5.41, 5.74) is 6.83. The second kappa shape index (κ2) is 5.83. The minimum Gasteiger partial charge on any atom is -0.398 e. The zero-order valence-electron chi connectivity index (χ0n) is 10.6. The minimum atomic E-state index is -0.552. The number of nitrogens with zero attached hydrogens (tertiary/aromatic N) is 1. The summed E-state index contributed by atoms with van der Waals surface area (Å²) in [7, 11) is 0. The van der Waals surface area contributed by atoms with Gasteiger partial charge in [0.1, 0.15) is 0 Å². The van der Waals surface area contributed by atoms with Gasteiger partial charge in [0.25, 0.3) is 5.69 Å². The molecule has 3 N–H and O–H groups in total. The van der Waals surface area contributed by atoms with Gasteiger partial charge in [0, 0.05) is 23.5 Å². The third-order valence-electron chi connectivity index (χ3n) is 2.64. The zero-order valence-corrected chi connectivity index (χ0v) is 10.6. The number of amides is 1. The maximum atomic E-state index is 11.9. The Morgan fingerprint density at radius 2 is 1.90 bits per heavy atom. The average molecular weight is 271 g/mol. The van der Waals surface area contributed by atoms with E-state index in [0.29, 0.717) is 5.69 Å². The Morgan fingerprint density at radius 3 is 2.55 bits per heavy atom. The van der Waals surface area contributed by atoms with Gasteiger partial charge in [-0.05, 0) is 11.6 Å². The van der Waals surface area contributed by atoms with Gasteiger partial charge in [-0.1, -0.05) is 30.3 Å². The first-order valence-electron chi connectivity index (χ1n) is 5.93. The number of nitrogen functional groups attached to an aromatic ring is 1. The standard InChI is InChI=1S/C14H13N3O3/c15-11-7-12(9-13(8-11)17(19)20)16-14(18)6-10-4-2-1-3-5-10/h1-5,7-9H,6,15H2,(H,16,18). The predicted octanol–water partition coefficient (Wildman–Crippen LogP) is 2.36. The molecule has 6 heteroatoms. The third kappa shape index (κ3) is 3.55. The van der Waals surface area contributed by atoms with Gasteiger partial charge in [0.15, 0.2) is 0 Å². The Kier molecular flexibility index (Phi) is 3.95. The number of nitro benzene ring substituents is 1. The number of carbonyl (C=O) groups is 1. The van der Waals surface area contributed by atoms with E-state index in [2.05, 4.69) is 5.32 Å². The molecule has 0 aromatic heterocycles. The number of nitrogens with two attached hydrogens (primary N) is 1. The highest BCUT2D eigenvalue weighted by Crippen LogP contribution is 2.22. The lowest BCUT2D eigenvalue weighted by Crippen LogP contribution is -2.14. The molecule has 0 saturated carbocycles. The third-order valence-corrected chi connectivity index (χ3v) is 2.64. The normalized spacial score (nSPS) is 10.0. The Morgan fingerprint density at radius 1 is 1.20 bits per heavy atom. The van der Waals surface area contributed by atoms with Gasteiger partial charge in [0.05, 0.1) is 11.3 Å². The number of non-ortho nitro benzene ring substituents is 1. The molecule has 1 amide bonds. The van der Waals surface area contributed by atoms with Crippen molar-refractivity contribution in [2.75, 3.05) is 11.1 Å². The lowest BCUT2D eigenvalue weighted by atomic mass is 10.1. The van der Waals surface area contributed by atoms with Crippen LogP contribution in [0.2, 0.25) is 0 Å². The quantitative estimate of drug-likeness (QED) is 0.506. The van der Waals surface area contributed by atoms with E-state index < -0.39 is 4.92 Å².